The molecule has 2 aliphatic heterocycles. The summed E-state index contributed by atoms with van der Waals surface area (Å²) >= 11 is 0. The fraction of sp³-hybridized carbons (Fsp3) is 0.458. The van der Waals surface area contributed by atoms with Crippen LogP contribution >= 0.6 is 0 Å². The zero-order chi connectivity index (χ0) is 20.1. The number of fused-ring (bicyclic) bond motifs is 1. The molecule has 0 unspecified atom stereocenters. The van der Waals surface area contributed by atoms with Crippen molar-refractivity contribution in [1.29, 1.82) is 0 Å². The summed E-state index contributed by atoms with van der Waals surface area (Å²) in [5.41, 5.74) is 4.84. The molecule has 4 rings (SSSR count). The summed E-state index contributed by atoms with van der Waals surface area (Å²) in [5.74, 6) is 0.940. The fourth-order valence-electron chi connectivity index (χ4n) is 4.20. The molecule has 1 fully saturated rings. The summed E-state index contributed by atoms with van der Waals surface area (Å²) < 4.78 is 5.91. The van der Waals surface area contributed by atoms with Gasteiger partial charge in [0.1, 0.15) is 5.75 Å². The summed E-state index contributed by atoms with van der Waals surface area (Å²) in [6, 6.07) is 14.7. The predicted octanol–water partition coefficient (Wildman–Crippen LogP) is 3.86. The number of benzene rings is 2. The van der Waals surface area contributed by atoms with Crippen molar-refractivity contribution in [1.82, 2.24) is 4.90 Å². The van der Waals surface area contributed by atoms with Crippen LogP contribution in [-0.4, -0.2) is 50.1 Å². The number of para-hydroxylation sites is 1. The van der Waals surface area contributed by atoms with E-state index in [1.165, 1.54) is 16.8 Å². The van der Waals surface area contributed by atoms with Gasteiger partial charge >= 0.3 is 0 Å². The van der Waals surface area contributed by atoms with Crippen LogP contribution < -0.4 is 15.0 Å². The van der Waals surface area contributed by atoms with E-state index in [1.807, 2.05) is 12.1 Å². The first-order chi connectivity index (χ1) is 14.2. The number of hydrogen-bond acceptors (Lipinski definition) is 4. The number of hydrogen-bond donors (Lipinski definition) is 1. The summed E-state index contributed by atoms with van der Waals surface area (Å²) in [5, 5.41) is 2.93. The Bertz CT molecular complexity index is 844. The van der Waals surface area contributed by atoms with E-state index < -0.39 is 0 Å². The van der Waals surface area contributed by atoms with Gasteiger partial charge in [-0.25, -0.2) is 0 Å². The summed E-state index contributed by atoms with van der Waals surface area (Å²) in [7, 11) is 0. The highest BCUT2D eigenvalue weighted by Gasteiger charge is 2.18. The number of unbranched alkanes of at least 4 members (excludes halogenated alkanes) is 1. The third-order valence-electron chi connectivity index (χ3n) is 5.94. The smallest absolute Gasteiger partial charge is 0.224 e. The number of piperazine rings is 1. The van der Waals surface area contributed by atoms with E-state index in [0.717, 1.165) is 70.0 Å². The summed E-state index contributed by atoms with van der Waals surface area (Å²) in [4.78, 5) is 16.6. The minimum absolute atomic E-state index is 0.0946. The average molecular weight is 394 g/mol. The van der Waals surface area contributed by atoms with Crippen LogP contribution in [0, 0.1) is 6.92 Å². The Hall–Kier alpha value is -2.53. The zero-order valence-electron chi connectivity index (χ0n) is 17.3. The molecule has 0 bridgehead atoms. The second kappa shape index (κ2) is 9.31. The molecule has 154 valence electrons. The van der Waals surface area contributed by atoms with E-state index in [0.29, 0.717) is 6.42 Å². The van der Waals surface area contributed by atoms with Crippen LogP contribution in [0.2, 0.25) is 0 Å². The van der Waals surface area contributed by atoms with Crippen molar-refractivity contribution in [2.75, 3.05) is 49.5 Å². The third-order valence-corrected chi connectivity index (χ3v) is 5.94. The van der Waals surface area contributed by atoms with E-state index in [2.05, 4.69) is 52.4 Å². The van der Waals surface area contributed by atoms with Gasteiger partial charge in [0.15, 0.2) is 0 Å². The lowest BCUT2D eigenvalue weighted by Gasteiger charge is -2.36. The highest BCUT2D eigenvalue weighted by molar-refractivity contribution is 5.94. The Balaban J connectivity index is 1.14. The average Bonchev–Trinajstić information content (AvgIpc) is 2.74. The summed E-state index contributed by atoms with van der Waals surface area (Å²) in [6.07, 6.45) is 3.58. The normalized spacial score (nSPS) is 17.0. The maximum atomic E-state index is 11.5. The van der Waals surface area contributed by atoms with Crippen LogP contribution in [0.5, 0.6) is 5.75 Å². The second-order valence-corrected chi connectivity index (χ2v) is 8.04. The maximum Gasteiger partial charge on any atom is 0.224 e. The quantitative estimate of drug-likeness (QED) is 0.726. The lowest BCUT2D eigenvalue weighted by atomic mass is 10.0. The van der Waals surface area contributed by atoms with Gasteiger partial charge in [-0.1, -0.05) is 24.3 Å². The number of amides is 1. The van der Waals surface area contributed by atoms with Gasteiger partial charge < -0.3 is 15.0 Å². The van der Waals surface area contributed by atoms with Gasteiger partial charge in [-0.15, -0.1) is 0 Å². The molecule has 5 nitrogen and oxygen atoms in total. The molecular formula is C24H31N3O2. The van der Waals surface area contributed by atoms with Crippen LogP contribution in [-0.2, 0) is 11.2 Å². The Morgan fingerprint density at radius 3 is 2.66 bits per heavy atom. The van der Waals surface area contributed by atoms with E-state index in [4.69, 9.17) is 4.74 Å². The predicted molar refractivity (Wildman–Crippen MR) is 118 cm³/mol. The molecule has 0 aromatic heterocycles. The molecule has 1 N–H and O–H groups in total. The van der Waals surface area contributed by atoms with Crippen molar-refractivity contribution in [3.63, 3.8) is 0 Å². The van der Waals surface area contributed by atoms with Crippen LogP contribution in [0.1, 0.15) is 30.4 Å². The van der Waals surface area contributed by atoms with Crippen LogP contribution in [0.25, 0.3) is 0 Å². The van der Waals surface area contributed by atoms with Gasteiger partial charge in [0.2, 0.25) is 5.91 Å². The first-order valence-corrected chi connectivity index (χ1v) is 10.8. The topological polar surface area (TPSA) is 44.8 Å². The van der Waals surface area contributed by atoms with Crippen LogP contribution in [0.3, 0.4) is 0 Å². The molecular weight excluding hydrogens is 362 g/mol. The van der Waals surface area contributed by atoms with Crippen molar-refractivity contribution in [3.8, 4) is 5.75 Å². The second-order valence-electron chi connectivity index (χ2n) is 8.04. The minimum Gasteiger partial charge on any atom is -0.494 e. The van der Waals surface area contributed by atoms with E-state index in [9.17, 15) is 4.79 Å². The number of carbonyl (C=O) groups excluding carboxylic acids is 1. The molecule has 1 saturated heterocycles. The lowest BCUT2D eigenvalue weighted by Crippen LogP contribution is -2.46. The van der Waals surface area contributed by atoms with Crippen LogP contribution in [0.15, 0.2) is 42.5 Å². The highest BCUT2D eigenvalue weighted by Crippen LogP contribution is 2.27. The van der Waals surface area contributed by atoms with Crippen molar-refractivity contribution < 1.29 is 9.53 Å². The number of nitrogens with one attached hydrogen (secondary N) is 1. The maximum absolute atomic E-state index is 11.5. The monoisotopic (exact) mass is 393 g/mol. The molecule has 1 amide bonds. The number of aryl methyl sites for hydroxylation is 2. The molecule has 29 heavy (non-hydrogen) atoms. The molecule has 0 saturated carbocycles. The Morgan fingerprint density at radius 1 is 1.00 bits per heavy atom. The minimum atomic E-state index is 0.0946. The van der Waals surface area contributed by atoms with Crippen molar-refractivity contribution >= 4 is 17.3 Å². The molecule has 2 aliphatic rings. The number of rotatable bonds is 7. The first kappa shape index (κ1) is 19.8. The first-order valence-electron chi connectivity index (χ1n) is 10.8. The standard InChI is InChI=1S/C24H31N3O2/c1-19-6-2-3-7-23(19)27-15-13-26(14-16-27)12-4-5-17-29-21-10-8-20-9-11-24(28)25-22(20)18-21/h2-3,6-8,10,18H,4-5,9,11-17H2,1H3,(H,25,28). The Morgan fingerprint density at radius 2 is 1.83 bits per heavy atom. The van der Waals surface area contributed by atoms with Gasteiger partial charge in [-0.3, -0.25) is 9.69 Å². The SMILES string of the molecule is Cc1ccccc1N1CCN(CCCCOc2ccc3c(c2)NC(=O)CC3)CC1. The molecule has 2 heterocycles. The largest absolute Gasteiger partial charge is 0.494 e. The number of nitrogens with zero attached hydrogens (tertiary/aromatic N) is 2. The molecule has 0 radical (unpaired) electrons. The molecule has 0 atom stereocenters. The van der Waals surface area contributed by atoms with Gasteiger partial charge in [0.05, 0.1) is 6.61 Å². The van der Waals surface area contributed by atoms with Crippen molar-refractivity contribution in [2.45, 2.75) is 32.6 Å². The van der Waals surface area contributed by atoms with Gasteiger partial charge in [-0.05, 0) is 56.0 Å². The van der Waals surface area contributed by atoms with Gasteiger partial charge in [0.25, 0.3) is 0 Å². The molecule has 0 spiro atoms. The van der Waals surface area contributed by atoms with Crippen molar-refractivity contribution in [2.24, 2.45) is 0 Å². The molecule has 2 aromatic carbocycles. The van der Waals surface area contributed by atoms with Crippen molar-refractivity contribution in [3.05, 3.63) is 53.6 Å². The molecule has 5 heteroatoms. The van der Waals surface area contributed by atoms with E-state index in [-0.39, 0.29) is 5.91 Å². The van der Waals surface area contributed by atoms with E-state index in [1.54, 1.807) is 0 Å². The fourth-order valence-corrected chi connectivity index (χ4v) is 4.20. The Labute approximate surface area is 173 Å². The number of anilines is 2. The zero-order valence-corrected chi connectivity index (χ0v) is 17.3. The highest BCUT2D eigenvalue weighted by atomic mass is 16.5. The number of ether oxygens (including phenoxy) is 1. The molecule has 0 aliphatic carbocycles. The van der Waals surface area contributed by atoms with Gasteiger partial charge in [-0.2, -0.15) is 0 Å². The molecule has 2 aromatic rings. The van der Waals surface area contributed by atoms with E-state index >= 15 is 0 Å². The Kier molecular flexibility index (Phi) is 6.35. The third kappa shape index (κ3) is 5.10. The number of carbonyl (C=O) groups is 1. The lowest BCUT2D eigenvalue weighted by molar-refractivity contribution is -0.116. The summed E-state index contributed by atoms with van der Waals surface area (Å²) in [6.45, 7) is 8.49. The van der Waals surface area contributed by atoms with Crippen LogP contribution in [0.4, 0.5) is 11.4 Å². The van der Waals surface area contributed by atoms with Gasteiger partial charge in [0, 0.05) is 50.0 Å².